The van der Waals surface area contributed by atoms with Gasteiger partial charge in [-0.15, -0.1) is 0 Å². The van der Waals surface area contributed by atoms with Gasteiger partial charge in [0.25, 0.3) is 0 Å². The number of nitrogens with one attached hydrogen (secondary N) is 1. The summed E-state index contributed by atoms with van der Waals surface area (Å²) < 4.78 is 0. The zero-order chi connectivity index (χ0) is 11.7. The van der Waals surface area contributed by atoms with Crippen molar-refractivity contribution in [1.29, 1.82) is 0 Å². The molecule has 1 heterocycles. The highest BCUT2D eigenvalue weighted by atomic mass is 15.0. The van der Waals surface area contributed by atoms with Crippen LogP contribution in [0, 0.1) is 0 Å². The second kappa shape index (κ2) is 4.09. The summed E-state index contributed by atoms with van der Waals surface area (Å²) in [5.74, 6) is 2.02. The minimum Gasteiger partial charge on any atom is -0.384 e. The average molecular weight is 225 g/mol. The summed E-state index contributed by atoms with van der Waals surface area (Å²) in [6, 6.07) is 14.3. The fourth-order valence-corrected chi connectivity index (χ4v) is 2.32. The van der Waals surface area contributed by atoms with Crippen LogP contribution in [0.1, 0.15) is 17.0 Å². The van der Waals surface area contributed by atoms with Gasteiger partial charge in [0.1, 0.15) is 11.6 Å². The van der Waals surface area contributed by atoms with Crippen LogP contribution in [0.25, 0.3) is 0 Å². The van der Waals surface area contributed by atoms with Crippen LogP contribution < -0.4 is 11.1 Å². The molecule has 0 spiro atoms. The van der Waals surface area contributed by atoms with E-state index >= 15 is 0 Å². The maximum Gasteiger partial charge on any atom is 0.128 e. The van der Waals surface area contributed by atoms with Gasteiger partial charge >= 0.3 is 0 Å². The lowest BCUT2D eigenvalue weighted by Gasteiger charge is -2.30. The van der Waals surface area contributed by atoms with Gasteiger partial charge < -0.3 is 11.1 Å². The van der Waals surface area contributed by atoms with Gasteiger partial charge in [-0.3, -0.25) is 0 Å². The number of nitrogens with zero attached hydrogens (tertiary/aromatic N) is 1. The number of hydrogen-bond acceptors (Lipinski definition) is 3. The number of nitrogens with two attached hydrogens (primary N) is 1. The van der Waals surface area contributed by atoms with Crippen LogP contribution in [0.3, 0.4) is 0 Å². The van der Waals surface area contributed by atoms with Crippen LogP contribution >= 0.6 is 0 Å². The van der Waals surface area contributed by atoms with Crippen molar-refractivity contribution in [2.24, 2.45) is 0 Å². The Morgan fingerprint density at radius 1 is 1.18 bits per heavy atom. The van der Waals surface area contributed by atoms with Gasteiger partial charge in [-0.25, -0.2) is 4.98 Å². The number of benzene rings is 1. The molecule has 0 aliphatic heterocycles. The van der Waals surface area contributed by atoms with E-state index in [2.05, 4.69) is 34.6 Å². The second-order valence-electron chi connectivity index (χ2n) is 4.43. The number of aromatic nitrogens is 1. The van der Waals surface area contributed by atoms with Crippen LogP contribution in [0.2, 0.25) is 0 Å². The third-order valence-electron chi connectivity index (χ3n) is 3.26. The maximum atomic E-state index is 5.64. The minimum absolute atomic E-state index is 0.559. The number of pyridine rings is 1. The van der Waals surface area contributed by atoms with Gasteiger partial charge in [-0.1, -0.05) is 30.3 Å². The number of anilines is 2. The Morgan fingerprint density at radius 2 is 2.06 bits per heavy atom. The molecule has 0 saturated carbocycles. The molecule has 0 radical (unpaired) electrons. The summed E-state index contributed by atoms with van der Waals surface area (Å²) in [4.78, 5) is 4.23. The van der Waals surface area contributed by atoms with E-state index in [-0.39, 0.29) is 0 Å². The lowest BCUT2D eigenvalue weighted by Crippen LogP contribution is -2.24. The molecule has 0 saturated heterocycles. The number of hydrogen-bond donors (Lipinski definition) is 2. The molecule has 0 fully saturated rings. The van der Waals surface area contributed by atoms with E-state index in [1.807, 2.05) is 12.1 Å². The van der Waals surface area contributed by atoms with Gasteiger partial charge in [-0.2, -0.15) is 0 Å². The maximum absolute atomic E-state index is 5.64. The molecule has 2 aromatic rings. The highest BCUT2D eigenvalue weighted by Gasteiger charge is 2.24. The van der Waals surface area contributed by atoms with E-state index in [0.717, 1.165) is 18.8 Å². The molecule has 1 aromatic heterocycles. The first-order chi connectivity index (χ1) is 8.33. The smallest absolute Gasteiger partial charge is 0.128 e. The van der Waals surface area contributed by atoms with Gasteiger partial charge in [0.15, 0.2) is 0 Å². The Balaban J connectivity index is 1.64. The van der Waals surface area contributed by atoms with Crippen LogP contribution in [0.4, 0.5) is 11.6 Å². The highest BCUT2D eigenvalue weighted by Crippen LogP contribution is 2.34. The highest BCUT2D eigenvalue weighted by molar-refractivity contribution is 5.45. The van der Waals surface area contributed by atoms with Crippen molar-refractivity contribution in [3.05, 3.63) is 53.6 Å². The Labute approximate surface area is 101 Å². The number of nitrogen functional groups attached to an aromatic ring is 1. The normalized spacial score (nSPS) is 17.1. The molecule has 1 atom stereocenters. The third kappa shape index (κ3) is 1.96. The lowest BCUT2D eigenvalue weighted by molar-refractivity contribution is 0.635. The Morgan fingerprint density at radius 3 is 2.88 bits per heavy atom. The Hall–Kier alpha value is -2.03. The molecule has 3 N–H and O–H groups in total. The van der Waals surface area contributed by atoms with E-state index in [1.54, 1.807) is 6.07 Å². The third-order valence-corrected chi connectivity index (χ3v) is 3.26. The summed E-state index contributed by atoms with van der Waals surface area (Å²) in [7, 11) is 0. The summed E-state index contributed by atoms with van der Waals surface area (Å²) in [5.41, 5.74) is 8.57. The number of rotatable bonds is 3. The fraction of sp³-hybridized carbons (Fsp3) is 0.214. The largest absolute Gasteiger partial charge is 0.384 e. The van der Waals surface area contributed by atoms with Gasteiger partial charge in [-0.05, 0) is 29.7 Å². The molecule has 3 heteroatoms. The quantitative estimate of drug-likeness (QED) is 0.843. The molecule has 17 heavy (non-hydrogen) atoms. The SMILES string of the molecule is Nc1cccc(NCC2Cc3ccccc32)n1. The first kappa shape index (κ1) is 10.1. The molecule has 3 rings (SSSR count). The van der Waals surface area contributed by atoms with E-state index < -0.39 is 0 Å². The first-order valence-electron chi connectivity index (χ1n) is 5.87. The minimum atomic E-state index is 0.559. The zero-order valence-corrected chi connectivity index (χ0v) is 9.56. The lowest BCUT2D eigenvalue weighted by atomic mass is 9.77. The summed E-state index contributed by atoms with van der Waals surface area (Å²) >= 11 is 0. The molecule has 1 aliphatic rings. The van der Waals surface area contributed by atoms with Crippen LogP contribution in [-0.2, 0) is 6.42 Å². The zero-order valence-electron chi connectivity index (χ0n) is 9.56. The predicted octanol–water partition coefficient (Wildman–Crippen LogP) is 2.42. The summed E-state index contributed by atoms with van der Waals surface area (Å²) in [6.45, 7) is 0.924. The number of fused-ring (bicyclic) bond motifs is 1. The van der Waals surface area contributed by atoms with E-state index in [1.165, 1.54) is 11.1 Å². The molecule has 1 aliphatic carbocycles. The van der Waals surface area contributed by atoms with E-state index in [4.69, 9.17) is 5.73 Å². The van der Waals surface area contributed by atoms with Crippen molar-refractivity contribution in [3.63, 3.8) is 0 Å². The molecule has 0 amide bonds. The van der Waals surface area contributed by atoms with Crippen LogP contribution in [-0.4, -0.2) is 11.5 Å². The average Bonchev–Trinajstić information content (AvgIpc) is 2.30. The van der Waals surface area contributed by atoms with Crippen molar-refractivity contribution in [2.45, 2.75) is 12.3 Å². The monoisotopic (exact) mass is 225 g/mol. The Kier molecular flexibility index (Phi) is 2.44. The van der Waals surface area contributed by atoms with Crippen molar-refractivity contribution in [2.75, 3.05) is 17.6 Å². The first-order valence-corrected chi connectivity index (χ1v) is 5.87. The van der Waals surface area contributed by atoms with Crippen molar-refractivity contribution in [1.82, 2.24) is 4.98 Å². The van der Waals surface area contributed by atoms with Gasteiger partial charge in [0.05, 0.1) is 0 Å². The van der Waals surface area contributed by atoms with Gasteiger partial charge in [0, 0.05) is 12.5 Å². The van der Waals surface area contributed by atoms with E-state index in [9.17, 15) is 0 Å². The molecule has 0 bridgehead atoms. The van der Waals surface area contributed by atoms with Crippen LogP contribution in [0.15, 0.2) is 42.5 Å². The summed E-state index contributed by atoms with van der Waals surface area (Å²) in [5, 5.41) is 3.34. The molecular weight excluding hydrogens is 210 g/mol. The van der Waals surface area contributed by atoms with Crippen molar-refractivity contribution < 1.29 is 0 Å². The topological polar surface area (TPSA) is 50.9 Å². The molecule has 1 aromatic carbocycles. The Bertz CT molecular complexity index is 536. The molecule has 86 valence electrons. The van der Waals surface area contributed by atoms with Crippen molar-refractivity contribution >= 4 is 11.6 Å². The molecule has 1 unspecified atom stereocenters. The summed E-state index contributed by atoms with van der Waals surface area (Å²) in [6.07, 6.45) is 1.16. The fourth-order valence-electron chi connectivity index (χ4n) is 2.32. The molecule has 3 nitrogen and oxygen atoms in total. The standard InChI is InChI=1S/C14H15N3/c15-13-6-3-7-14(17-13)16-9-11-8-10-4-1-2-5-12(10)11/h1-7,11H,8-9H2,(H3,15,16,17). The molecular formula is C14H15N3. The predicted molar refractivity (Wildman–Crippen MR) is 70.0 cm³/mol. The van der Waals surface area contributed by atoms with E-state index in [0.29, 0.717) is 11.7 Å². The second-order valence-corrected chi connectivity index (χ2v) is 4.43. The van der Waals surface area contributed by atoms with Crippen LogP contribution in [0.5, 0.6) is 0 Å². The van der Waals surface area contributed by atoms with Gasteiger partial charge in [0.2, 0.25) is 0 Å². The van der Waals surface area contributed by atoms with Crippen molar-refractivity contribution in [3.8, 4) is 0 Å².